The van der Waals surface area contributed by atoms with Crippen molar-refractivity contribution in [2.24, 2.45) is 0 Å². The van der Waals surface area contributed by atoms with Crippen molar-refractivity contribution in [2.75, 3.05) is 11.9 Å². The molecule has 2 aromatic heterocycles. The summed E-state index contributed by atoms with van der Waals surface area (Å²) in [7, 11) is 0. The first-order valence-electron chi connectivity index (χ1n) is 5.49. The van der Waals surface area contributed by atoms with Gasteiger partial charge in [0.2, 0.25) is 0 Å². The SMILES string of the molecule is CCOC(=O)c1cnc(Nc2cc(Cl)nc(C)n2)s1. The number of anilines is 2. The lowest BCUT2D eigenvalue weighted by Crippen LogP contribution is -2.01. The average Bonchev–Trinajstić information content (AvgIpc) is 2.76. The van der Waals surface area contributed by atoms with Crippen LogP contribution in [0.2, 0.25) is 5.15 Å². The van der Waals surface area contributed by atoms with Gasteiger partial charge in [-0.05, 0) is 13.8 Å². The lowest BCUT2D eigenvalue weighted by molar-refractivity contribution is 0.0532. The predicted octanol–water partition coefficient (Wildman–Crippen LogP) is 2.82. The van der Waals surface area contributed by atoms with Crippen LogP contribution in [0.4, 0.5) is 10.9 Å². The zero-order valence-electron chi connectivity index (χ0n) is 10.3. The number of carbonyl (C=O) groups excluding carboxylic acids is 1. The first-order valence-corrected chi connectivity index (χ1v) is 6.69. The summed E-state index contributed by atoms with van der Waals surface area (Å²) in [6.07, 6.45) is 1.46. The van der Waals surface area contributed by atoms with Crippen molar-refractivity contribution in [3.63, 3.8) is 0 Å². The molecule has 0 unspecified atom stereocenters. The van der Waals surface area contributed by atoms with E-state index in [4.69, 9.17) is 16.3 Å². The van der Waals surface area contributed by atoms with Crippen molar-refractivity contribution in [2.45, 2.75) is 13.8 Å². The molecule has 0 aromatic carbocycles. The van der Waals surface area contributed by atoms with Crippen molar-refractivity contribution in [3.05, 3.63) is 28.1 Å². The normalized spacial score (nSPS) is 10.3. The number of hydrogen-bond acceptors (Lipinski definition) is 7. The number of esters is 1. The van der Waals surface area contributed by atoms with Crippen LogP contribution in [-0.2, 0) is 4.74 Å². The summed E-state index contributed by atoms with van der Waals surface area (Å²) < 4.78 is 4.89. The monoisotopic (exact) mass is 298 g/mol. The second-order valence-electron chi connectivity index (χ2n) is 3.50. The van der Waals surface area contributed by atoms with Crippen LogP contribution < -0.4 is 5.32 Å². The standard InChI is InChI=1S/C11H11ClN4O2S/c1-3-18-10(17)7-5-13-11(19-7)16-9-4-8(12)14-6(2)15-9/h4-5H,3H2,1-2H3,(H,13,14,15,16). The molecular formula is C11H11ClN4O2S. The molecule has 0 amide bonds. The van der Waals surface area contributed by atoms with Gasteiger partial charge in [0.25, 0.3) is 0 Å². The van der Waals surface area contributed by atoms with Crippen molar-refractivity contribution in [3.8, 4) is 0 Å². The highest BCUT2D eigenvalue weighted by molar-refractivity contribution is 7.17. The summed E-state index contributed by atoms with van der Waals surface area (Å²) in [6.45, 7) is 3.83. The Morgan fingerprint density at radius 2 is 2.32 bits per heavy atom. The third-order valence-electron chi connectivity index (χ3n) is 2.02. The van der Waals surface area contributed by atoms with E-state index in [-0.39, 0.29) is 5.97 Å². The molecule has 19 heavy (non-hydrogen) atoms. The Morgan fingerprint density at radius 3 is 3.00 bits per heavy atom. The molecule has 0 saturated heterocycles. The highest BCUT2D eigenvalue weighted by atomic mass is 35.5. The Bertz CT molecular complexity index is 582. The van der Waals surface area contributed by atoms with Crippen molar-refractivity contribution in [1.82, 2.24) is 15.0 Å². The molecule has 0 aliphatic rings. The maximum Gasteiger partial charge on any atom is 0.350 e. The fourth-order valence-corrected chi connectivity index (χ4v) is 2.28. The largest absolute Gasteiger partial charge is 0.462 e. The summed E-state index contributed by atoms with van der Waals surface area (Å²) in [6, 6.07) is 1.58. The molecule has 0 bridgehead atoms. The summed E-state index contributed by atoms with van der Waals surface area (Å²) in [4.78, 5) is 24.1. The van der Waals surface area contributed by atoms with Gasteiger partial charge in [-0.15, -0.1) is 0 Å². The molecule has 0 aliphatic heterocycles. The fraction of sp³-hybridized carbons (Fsp3) is 0.273. The van der Waals surface area contributed by atoms with Gasteiger partial charge in [-0.2, -0.15) is 0 Å². The molecule has 100 valence electrons. The zero-order valence-corrected chi connectivity index (χ0v) is 11.9. The minimum absolute atomic E-state index is 0.334. The summed E-state index contributed by atoms with van der Waals surface area (Å²) in [5, 5.41) is 3.85. The number of rotatable bonds is 4. The number of hydrogen-bond donors (Lipinski definition) is 1. The van der Waals surface area contributed by atoms with E-state index in [1.807, 2.05) is 0 Å². The quantitative estimate of drug-likeness (QED) is 0.691. The Hall–Kier alpha value is -1.73. The second-order valence-corrected chi connectivity index (χ2v) is 4.92. The van der Waals surface area contributed by atoms with Gasteiger partial charge < -0.3 is 10.1 Å². The van der Waals surface area contributed by atoms with Gasteiger partial charge in [-0.25, -0.2) is 19.7 Å². The molecule has 0 fully saturated rings. The van der Waals surface area contributed by atoms with Crippen LogP contribution in [-0.4, -0.2) is 27.5 Å². The third-order valence-corrected chi connectivity index (χ3v) is 3.11. The van der Waals surface area contributed by atoms with Gasteiger partial charge in [0.1, 0.15) is 21.7 Å². The van der Waals surface area contributed by atoms with Gasteiger partial charge in [-0.1, -0.05) is 22.9 Å². The molecule has 8 heteroatoms. The topological polar surface area (TPSA) is 77.0 Å². The number of ether oxygens (including phenoxy) is 1. The first kappa shape index (κ1) is 13.7. The lowest BCUT2D eigenvalue weighted by atomic mass is 10.5. The number of carbonyl (C=O) groups is 1. The summed E-state index contributed by atoms with van der Waals surface area (Å²) in [5.74, 6) is 0.699. The highest BCUT2D eigenvalue weighted by Crippen LogP contribution is 2.23. The summed E-state index contributed by atoms with van der Waals surface area (Å²) >= 11 is 7.02. The van der Waals surface area contributed by atoms with Crippen LogP contribution >= 0.6 is 22.9 Å². The van der Waals surface area contributed by atoms with E-state index in [1.165, 1.54) is 17.5 Å². The predicted molar refractivity (Wildman–Crippen MR) is 73.1 cm³/mol. The van der Waals surface area contributed by atoms with Crippen LogP contribution in [0.15, 0.2) is 12.3 Å². The third kappa shape index (κ3) is 3.62. The molecule has 2 heterocycles. The van der Waals surface area contributed by atoms with Crippen molar-refractivity contribution in [1.29, 1.82) is 0 Å². The maximum atomic E-state index is 11.5. The van der Waals surface area contributed by atoms with Crippen LogP contribution in [0, 0.1) is 6.92 Å². The number of nitrogens with one attached hydrogen (secondary N) is 1. The van der Waals surface area contributed by atoms with E-state index >= 15 is 0 Å². The van der Waals surface area contributed by atoms with Gasteiger partial charge in [0.15, 0.2) is 5.13 Å². The smallest absolute Gasteiger partial charge is 0.350 e. The molecule has 2 aromatic rings. The molecule has 0 atom stereocenters. The molecule has 0 spiro atoms. The second kappa shape index (κ2) is 5.94. The molecule has 0 aliphatic carbocycles. The van der Waals surface area contributed by atoms with E-state index in [1.54, 1.807) is 19.9 Å². The maximum absolute atomic E-state index is 11.5. The zero-order chi connectivity index (χ0) is 13.8. The van der Waals surface area contributed by atoms with Gasteiger partial charge >= 0.3 is 5.97 Å². The van der Waals surface area contributed by atoms with Crippen molar-refractivity contribution < 1.29 is 9.53 Å². The number of aryl methyl sites for hydroxylation is 1. The van der Waals surface area contributed by atoms with Crippen LogP contribution in [0.1, 0.15) is 22.4 Å². The van der Waals surface area contributed by atoms with E-state index in [0.717, 1.165) is 0 Å². The Balaban J connectivity index is 2.13. The van der Waals surface area contributed by atoms with Gasteiger partial charge in [-0.3, -0.25) is 0 Å². The molecular weight excluding hydrogens is 288 g/mol. The number of nitrogens with zero attached hydrogens (tertiary/aromatic N) is 3. The average molecular weight is 299 g/mol. The molecule has 1 N–H and O–H groups in total. The van der Waals surface area contributed by atoms with Gasteiger partial charge in [0.05, 0.1) is 12.8 Å². The van der Waals surface area contributed by atoms with Crippen LogP contribution in [0.25, 0.3) is 0 Å². The number of thiazole rings is 1. The minimum Gasteiger partial charge on any atom is -0.462 e. The number of halogens is 1. The van der Waals surface area contributed by atoms with E-state index in [2.05, 4.69) is 20.3 Å². The molecule has 0 radical (unpaired) electrons. The number of aromatic nitrogens is 3. The van der Waals surface area contributed by atoms with E-state index in [0.29, 0.717) is 33.4 Å². The van der Waals surface area contributed by atoms with Crippen molar-refractivity contribution >= 4 is 39.9 Å². The molecule has 6 nitrogen and oxygen atoms in total. The van der Waals surface area contributed by atoms with Crippen LogP contribution in [0.3, 0.4) is 0 Å². The van der Waals surface area contributed by atoms with E-state index < -0.39 is 0 Å². The lowest BCUT2D eigenvalue weighted by Gasteiger charge is -2.02. The van der Waals surface area contributed by atoms with E-state index in [9.17, 15) is 4.79 Å². The molecule has 2 rings (SSSR count). The fourth-order valence-electron chi connectivity index (χ4n) is 1.33. The van der Waals surface area contributed by atoms with Crippen LogP contribution in [0.5, 0.6) is 0 Å². The Labute approximate surface area is 118 Å². The first-order chi connectivity index (χ1) is 9.08. The highest BCUT2D eigenvalue weighted by Gasteiger charge is 2.12. The Kier molecular flexibility index (Phi) is 4.28. The Morgan fingerprint density at radius 1 is 1.53 bits per heavy atom. The van der Waals surface area contributed by atoms with Gasteiger partial charge in [0, 0.05) is 6.07 Å². The minimum atomic E-state index is -0.384. The summed E-state index contributed by atoms with van der Waals surface area (Å²) in [5.41, 5.74) is 0. The molecule has 0 saturated carbocycles.